The van der Waals surface area contributed by atoms with Gasteiger partial charge in [-0.25, -0.2) is 10.5 Å². The van der Waals surface area contributed by atoms with Gasteiger partial charge < -0.3 is 15.5 Å². The summed E-state index contributed by atoms with van der Waals surface area (Å²) in [6.45, 7) is 1.11. The Kier molecular flexibility index (Phi) is 5.46. The van der Waals surface area contributed by atoms with Crippen LogP contribution in [-0.4, -0.2) is 32.2 Å². The van der Waals surface area contributed by atoms with E-state index >= 15 is 0 Å². The van der Waals surface area contributed by atoms with Crippen LogP contribution in [0, 0.1) is 0 Å². The quantitative estimate of drug-likeness (QED) is 0.408. The molecule has 0 unspecified atom stereocenters. The molecule has 126 valence electrons. The van der Waals surface area contributed by atoms with Crippen LogP contribution in [0.25, 0.3) is 0 Å². The highest BCUT2D eigenvalue weighted by atomic mass is 16.5. The molecule has 0 aliphatic rings. The highest BCUT2D eigenvalue weighted by Gasteiger charge is 2.23. The Morgan fingerprint density at radius 3 is 2.46 bits per heavy atom. The van der Waals surface area contributed by atoms with Gasteiger partial charge in [-0.1, -0.05) is 30.3 Å². The first-order valence-electron chi connectivity index (χ1n) is 7.11. The molecule has 0 saturated carbocycles. The van der Waals surface area contributed by atoms with Gasteiger partial charge in [-0.3, -0.25) is 14.8 Å². The third kappa shape index (κ3) is 3.50. The average Bonchev–Trinajstić information content (AvgIpc) is 2.61. The molecule has 1 heterocycles. The normalized spacial score (nSPS) is 11.6. The van der Waals surface area contributed by atoms with Crippen molar-refractivity contribution in [2.45, 2.75) is 19.6 Å². The number of aliphatic hydroxyl groups excluding tert-OH is 1. The van der Waals surface area contributed by atoms with E-state index in [9.17, 15) is 19.8 Å². The number of nitrogens with zero attached hydrogens (tertiary/aromatic N) is 1. The largest absolute Gasteiger partial charge is 0.505 e. The van der Waals surface area contributed by atoms with Crippen molar-refractivity contribution in [1.29, 1.82) is 0 Å². The molecule has 0 aliphatic carbocycles. The number of hydrogen-bond acceptors (Lipinski definition) is 6. The molecule has 0 bridgehead atoms. The van der Waals surface area contributed by atoms with Crippen molar-refractivity contribution < 1.29 is 25.0 Å². The van der Waals surface area contributed by atoms with Crippen molar-refractivity contribution in [3.05, 3.63) is 58.9 Å². The second-order valence-electron chi connectivity index (χ2n) is 5.05. The minimum absolute atomic E-state index is 0.0627. The second-order valence-corrected chi connectivity index (χ2v) is 5.05. The van der Waals surface area contributed by atoms with Crippen molar-refractivity contribution in [2.24, 2.45) is 0 Å². The number of hydrogen-bond donors (Lipinski definition) is 5. The van der Waals surface area contributed by atoms with Gasteiger partial charge in [0.2, 0.25) is 0 Å². The van der Waals surface area contributed by atoms with Crippen molar-refractivity contribution in [3.8, 4) is 5.75 Å². The second kappa shape index (κ2) is 7.53. The molecule has 0 saturated heterocycles. The minimum Gasteiger partial charge on any atom is -0.505 e. The number of carbonyl (C=O) groups is 2. The van der Waals surface area contributed by atoms with Gasteiger partial charge >= 0.3 is 0 Å². The first kappa shape index (κ1) is 17.4. The molecule has 0 spiro atoms. The van der Waals surface area contributed by atoms with E-state index in [1.54, 1.807) is 6.92 Å². The van der Waals surface area contributed by atoms with Gasteiger partial charge in [0.15, 0.2) is 11.4 Å². The Labute approximate surface area is 137 Å². The lowest BCUT2D eigenvalue weighted by molar-refractivity contribution is 0.0696. The number of rotatable bonds is 5. The Balaban J connectivity index is 2.29. The van der Waals surface area contributed by atoms with Crippen LogP contribution in [0.5, 0.6) is 5.75 Å². The summed E-state index contributed by atoms with van der Waals surface area (Å²) in [6.07, 6.45) is 1.06. The lowest BCUT2D eigenvalue weighted by Gasteiger charge is -2.16. The SMILES string of the molecule is C[C@H](NC(=O)c1cnc(C(=O)NO)c(O)c1CO)c1ccccc1. The smallest absolute Gasteiger partial charge is 0.297 e. The van der Waals surface area contributed by atoms with Gasteiger partial charge in [-0.2, -0.15) is 0 Å². The first-order chi connectivity index (χ1) is 11.5. The van der Waals surface area contributed by atoms with Crippen LogP contribution in [0.1, 0.15) is 44.9 Å². The zero-order chi connectivity index (χ0) is 17.7. The maximum atomic E-state index is 12.4. The number of pyridine rings is 1. The van der Waals surface area contributed by atoms with Crippen molar-refractivity contribution >= 4 is 11.8 Å². The Hall–Kier alpha value is -2.97. The number of hydroxylamine groups is 1. The van der Waals surface area contributed by atoms with Gasteiger partial charge in [0.05, 0.1) is 18.2 Å². The standard InChI is InChI=1S/C16H17N3O5/c1-9(10-5-3-2-4-6-10)18-15(22)11-7-17-13(16(23)19-24)14(21)12(11)8-20/h2-7,9,20-21,24H,8H2,1H3,(H,18,22)(H,19,23)/t9-/m0/s1. The highest BCUT2D eigenvalue weighted by molar-refractivity contribution is 5.99. The van der Waals surface area contributed by atoms with Crippen molar-refractivity contribution in [1.82, 2.24) is 15.8 Å². The van der Waals surface area contributed by atoms with E-state index in [0.717, 1.165) is 11.8 Å². The van der Waals surface area contributed by atoms with E-state index in [1.165, 1.54) is 5.48 Å². The Morgan fingerprint density at radius 1 is 1.21 bits per heavy atom. The van der Waals surface area contributed by atoms with E-state index < -0.39 is 29.9 Å². The van der Waals surface area contributed by atoms with E-state index in [0.29, 0.717) is 0 Å². The predicted molar refractivity (Wildman–Crippen MR) is 83.4 cm³/mol. The monoisotopic (exact) mass is 331 g/mol. The van der Waals surface area contributed by atoms with Crippen LogP contribution in [0.3, 0.4) is 0 Å². The summed E-state index contributed by atoms with van der Waals surface area (Å²) in [5.41, 5.74) is 1.51. The molecule has 8 heteroatoms. The number of aromatic nitrogens is 1. The van der Waals surface area contributed by atoms with Gasteiger partial charge in [0, 0.05) is 11.8 Å². The van der Waals surface area contributed by atoms with Crippen molar-refractivity contribution in [2.75, 3.05) is 0 Å². The van der Waals surface area contributed by atoms with Gasteiger partial charge in [-0.05, 0) is 12.5 Å². The molecule has 0 fully saturated rings. The molecular weight excluding hydrogens is 314 g/mol. The summed E-state index contributed by atoms with van der Waals surface area (Å²) in [6, 6.07) is 8.92. The zero-order valence-corrected chi connectivity index (χ0v) is 12.9. The van der Waals surface area contributed by atoms with E-state index in [2.05, 4.69) is 10.3 Å². The Bertz CT molecular complexity index is 749. The molecule has 1 aromatic heterocycles. The summed E-state index contributed by atoms with van der Waals surface area (Å²) in [5.74, 6) is -2.27. The molecule has 5 N–H and O–H groups in total. The first-order valence-corrected chi connectivity index (χ1v) is 7.11. The molecule has 24 heavy (non-hydrogen) atoms. The fourth-order valence-electron chi connectivity index (χ4n) is 2.21. The molecule has 8 nitrogen and oxygen atoms in total. The molecule has 2 aromatic rings. The van der Waals surface area contributed by atoms with Crippen molar-refractivity contribution in [3.63, 3.8) is 0 Å². The molecule has 0 aliphatic heterocycles. The molecular formula is C16H17N3O5. The lowest BCUT2D eigenvalue weighted by Crippen LogP contribution is -2.28. The van der Waals surface area contributed by atoms with Crippen LogP contribution in [0.2, 0.25) is 0 Å². The molecule has 2 amide bonds. The maximum absolute atomic E-state index is 12.4. The third-order valence-corrected chi connectivity index (χ3v) is 3.52. The van der Waals surface area contributed by atoms with Crippen LogP contribution in [0.4, 0.5) is 0 Å². The minimum atomic E-state index is -1.05. The number of aliphatic hydroxyl groups is 1. The summed E-state index contributed by atoms with van der Waals surface area (Å²) in [7, 11) is 0. The number of carbonyl (C=O) groups excluding carboxylic acids is 2. The summed E-state index contributed by atoms with van der Waals surface area (Å²) >= 11 is 0. The Morgan fingerprint density at radius 2 is 1.88 bits per heavy atom. The average molecular weight is 331 g/mol. The third-order valence-electron chi connectivity index (χ3n) is 3.52. The summed E-state index contributed by atoms with van der Waals surface area (Å²) < 4.78 is 0. The fourth-order valence-corrected chi connectivity index (χ4v) is 2.21. The molecule has 2 rings (SSSR count). The van der Waals surface area contributed by atoms with Gasteiger partial charge in [0.1, 0.15) is 0 Å². The number of amides is 2. The summed E-state index contributed by atoms with van der Waals surface area (Å²) in [4.78, 5) is 27.4. The molecule has 0 radical (unpaired) electrons. The van der Waals surface area contributed by atoms with E-state index in [4.69, 9.17) is 5.21 Å². The fraction of sp³-hybridized carbons (Fsp3) is 0.188. The van der Waals surface area contributed by atoms with Crippen LogP contribution in [-0.2, 0) is 6.61 Å². The topological polar surface area (TPSA) is 132 Å². The summed E-state index contributed by atoms with van der Waals surface area (Å²) in [5, 5.41) is 30.7. The predicted octanol–water partition coefficient (Wildman–Crippen LogP) is 0.890. The van der Waals surface area contributed by atoms with Gasteiger partial charge in [0.25, 0.3) is 11.8 Å². The van der Waals surface area contributed by atoms with E-state index in [1.807, 2.05) is 30.3 Å². The number of benzene rings is 1. The van der Waals surface area contributed by atoms with Crippen LogP contribution < -0.4 is 10.8 Å². The van der Waals surface area contributed by atoms with E-state index in [-0.39, 0.29) is 17.2 Å². The lowest BCUT2D eigenvalue weighted by atomic mass is 10.0. The number of aromatic hydroxyl groups is 1. The highest BCUT2D eigenvalue weighted by Crippen LogP contribution is 2.25. The molecule has 1 aromatic carbocycles. The van der Waals surface area contributed by atoms with Crippen LogP contribution in [0.15, 0.2) is 36.5 Å². The van der Waals surface area contributed by atoms with Gasteiger partial charge in [-0.15, -0.1) is 0 Å². The zero-order valence-electron chi connectivity index (χ0n) is 12.9. The maximum Gasteiger partial charge on any atom is 0.297 e. The number of nitrogens with one attached hydrogen (secondary N) is 2. The van der Waals surface area contributed by atoms with Crippen LogP contribution >= 0.6 is 0 Å². The molecule has 1 atom stereocenters.